The molecule has 2 aromatic rings. The molecular formula is C40H52F3N5O9S. The minimum atomic E-state index is -3.98. The molecule has 3 heterocycles. The molecule has 58 heavy (non-hydrogen) atoms. The molecule has 4 aliphatic rings. The summed E-state index contributed by atoms with van der Waals surface area (Å²) < 4.78 is 88.6. The van der Waals surface area contributed by atoms with E-state index in [0.717, 1.165) is 13.8 Å². The van der Waals surface area contributed by atoms with Crippen molar-refractivity contribution in [3.05, 3.63) is 42.4 Å². The van der Waals surface area contributed by atoms with Crippen molar-refractivity contribution in [2.75, 3.05) is 13.2 Å². The molecule has 0 spiro atoms. The van der Waals surface area contributed by atoms with Gasteiger partial charge in [-0.1, -0.05) is 26.0 Å². The first-order valence-corrected chi connectivity index (χ1v) is 21.3. The van der Waals surface area contributed by atoms with Gasteiger partial charge in [0.15, 0.2) is 17.2 Å². The maximum absolute atomic E-state index is 15.1. The highest BCUT2D eigenvalue weighted by Crippen LogP contribution is 2.46. The molecule has 2 aliphatic heterocycles. The number of alkyl halides is 2. The van der Waals surface area contributed by atoms with E-state index in [1.807, 2.05) is 13.0 Å². The quantitative estimate of drug-likeness (QED) is 0.271. The number of pyridine rings is 1. The predicted octanol–water partition coefficient (Wildman–Crippen LogP) is 5.15. The van der Waals surface area contributed by atoms with Crippen LogP contribution in [0.3, 0.4) is 0 Å². The molecule has 6 rings (SSSR count). The number of ether oxygens (including phenoxy) is 3. The van der Waals surface area contributed by atoms with Gasteiger partial charge < -0.3 is 29.7 Å². The minimum absolute atomic E-state index is 0.00320. The minimum Gasteiger partial charge on any atom is -0.491 e. The van der Waals surface area contributed by atoms with E-state index in [2.05, 4.69) is 20.3 Å². The smallest absolute Gasteiger partial charge is 0.408 e. The van der Waals surface area contributed by atoms with Gasteiger partial charge in [0.05, 0.1) is 18.4 Å². The molecule has 0 bridgehead atoms. The number of benzene rings is 1. The van der Waals surface area contributed by atoms with Crippen LogP contribution in [0.4, 0.5) is 18.0 Å². The summed E-state index contributed by atoms with van der Waals surface area (Å²) in [5.74, 6) is -7.58. The summed E-state index contributed by atoms with van der Waals surface area (Å²) in [5, 5.41) is 5.44. The topological polar surface area (TPSA) is 182 Å². The number of nitrogens with zero attached hydrogens (tertiary/aromatic N) is 2. The molecule has 2 saturated carbocycles. The van der Waals surface area contributed by atoms with Crippen molar-refractivity contribution in [1.29, 1.82) is 0 Å². The third-order valence-electron chi connectivity index (χ3n) is 11.7. The maximum Gasteiger partial charge on any atom is 0.408 e. The van der Waals surface area contributed by atoms with Gasteiger partial charge in [-0.3, -0.25) is 19.1 Å². The van der Waals surface area contributed by atoms with E-state index in [1.165, 1.54) is 23.2 Å². The van der Waals surface area contributed by atoms with Crippen molar-refractivity contribution in [2.24, 2.45) is 17.8 Å². The lowest BCUT2D eigenvalue weighted by Crippen LogP contribution is -2.59. The lowest BCUT2D eigenvalue weighted by Gasteiger charge is -2.35. The zero-order chi connectivity index (χ0) is 42.4. The lowest BCUT2D eigenvalue weighted by atomic mass is 9.88. The Labute approximate surface area is 336 Å². The van der Waals surface area contributed by atoms with Gasteiger partial charge in [0.2, 0.25) is 27.7 Å². The Balaban J connectivity index is 1.35. The van der Waals surface area contributed by atoms with Crippen LogP contribution in [0.5, 0.6) is 11.6 Å². The monoisotopic (exact) mass is 835 g/mol. The first kappa shape index (κ1) is 43.0. The molecule has 7 atom stereocenters. The van der Waals surface area contributed by atoms with Crippen molar-refractivity contribution in [3.8, 4) is 11.6 Å². The van der Waals surface area contributed by atoms with Crippen LogP contribution in [0.2, 0.25) is 0 Å². The van der Waals surface area contributed by atoms with Crippen LogP contribution in [0.25, 0.3) is 10.8 Å². The highest BCUT2D eigenvalue weighted by Gasteiger charge is 2.62. The maximum atomic E-state index is 15.1. The molecule has 3 N–H and O–H groups in total. The van der Waals surface area contributed by atoms with Gasteiger partial charge in [-0.2, -0.15) is 0 Å². The SMILES string of the molecule is CCOc1cc2ccnc(O[C@@H]3C[C@H]4C(=O)N[C@]5(C(=O)NS(=O)(=O)C6CC6)C[C@H]5/C=C\CC[C@@H](C)C[C@@H](C)[C@H](NC(=O)OC(C)(C)C(C)(F)F)C(=O)N4C3)c2cc1F. The molecule has 1 aromatic carbocycles. The normalized spacial score (nSPS) is 28.9. The van der Waals surface area contributed by atoms with E-state index in [4.69, 9.17) is 14.2 Å². The second kappa shape index (κ2) is 16.2. The Kier molecular flexibility index (Phi) is 12.0. The second-order valence-electron chi connectivity index (χ2n) is 16.7. The molecular weight excluding hydrogens is 784 g/mol. The van der Waals surface area contributed by atoms with Crippen LogP contribution in [-0.2, 0) is 29.1 Å². The number of hydrogen-bond acceptors (Lipinski definition) is 10. The number of amides is 4. The number of halogens is 3. The van der Waals surface area contributed by atoms with Crippen LogP contribution in [-0.4, -0.2) is 95.8 Å². The lowest BCUT2D eigenvalue weighted by molar-refractivity contribution is -0.152. The predicted molar refractivity (Wildman–Crippen MR) is 206 cm³/mol. The van der Waals surface area contributed by atoms with Gasteiger partial charge >= 0.3 is 6.09 Å². The summed E-state index contributed by atoms with van der Waals surface area (Å²) in [4.78, 5) is 61.8. The van der Waals surface area contributed by atoms with Crippen LogP contribution in [0.15, 0.2) is 36.5 Å². The van der Waals surface area contributed by atoms with Crippen LogP contribution in [0.1, 0.15) is 86.5 Å². The first-order chi connectivity index (χ1) is 27.2. The van der Waals surface area contributed by atoms with Crippen molar-refractivity contribution in [3.63, 3.8) is 0 Å². The summed E-state index contributed by atoms with van der Waals surface area (Å²) in [6.07, 6.45) is 5.32. The van der Waals surface area contributed by atoms with Gasteiger partial charge in [0, 0.05) is 30.8 Å². The summed E-state index contributed by atoms with van der Waals surface area (Å²) in [7, 11) is -3.98. The van der Waals surface area contributed by atoms with E-state index in [1.54, 1.807) is 26.0 Å². The van der Waals surface area contributed by atoms with E-state index in [-0.39, 0.29) is 43.5 Å². The number of rotatable bonds is 10. The summed E-state index contributed by atoms with van der Waals surface area (Å²) in [6.45, 7) is 8.11. The number of carbonyl (C=O) groups is 4. The van der Waals surface area contributed by atoms with E-state index in [0.29, 0.717) is 49.8 Å². The molecule has 2 aliphatic carbocycles. The average molecular weight is 836 g/mol. The Morgan fingerprint density at radius 1 is 1.10 bits per heavy atom. The van der Waals surface area contributed by atoms with Gasteiger partial charge in [-0.15, -0.1) is 0 Å². The Morgan fingerprint density at radius 3 is 2.50 bits per heavy atom. The van der Waals surface area contributed by atoms with Crippen molar-refractivity contribution < 1.29 is 55.0 Å². The van der Waals surface area contributed by atoms with Gasteiger partial charge in [-0.25, -0.2) is 31.4 Å². The molecule has 318 valence electrons. The largest absolute Gasteiger partial charge is 0.491 e. The van der Waals surface area contributed by atoms with Gasteiger partial charge in [0.1, 0.15) is 23.7 Å². The fourth-order valence-corrected chi connectivity index (χ4v) is 9.00. The average Bonchev–Trinajstić information content (AvgIpc) is 4.05. The fraction of sp³-hybridized carbons (Fsp3) is 0.625. The molecule has 1 saturated heterocycles. The van der Waals surface area contributed by atoms with Crippen molar-refractivity contribution in [2.45, 2.75) is 127 Å². The summed E-state index contributed by atoms with van der Waals surface area (Å²) in [5.41, 5.74) is -3.87. The first-order valence-electron chi connectivity index (χ1n) is 19.8. The second-order valence-corrected chi connectivity index (χ2v) is 18.7. The number of fused-ring (bicyclic) bond motifs is 3. The number of allylic oxidation sites excluding steroid dienone is 1. The number of hydrogen-bond donors (Lipinski definition) is 3. The Bertz CT molecular complexity index is 2080. The number of alkyl carbamates (subject to hydrolysis) is 1. The third-order valence-corrected chi connectivity index (χ3v) is 13.5. The molecule has 1 aromatic heterocycles. The van der Waals surface area contributed by atoms with E-state index in [9.17, 15) is 36.4 Å². The van der Waals surface area contributed by atoms with Crippen LogP contribution < -0.4 is 24.8 Å². The van der Waals surface area contributed by atoms with E-state index >= 15 is 4.39 Å². The highest BCUT2D eigenvalue weighted by atomic mass is 32.2. The van der Waals surface area contributed by atoms with Crippen molar-refractivity contribution in [1.82, 2.24) is 25.2 Å². The summed E-state index contributed by atoms with van der Waals surface area (Å²) in [6, 6.07) is 1.67. The number of sulfonamides is 1. The third kappa shape index (κ3) is 9.15. The van der Waals surface area contributed by atoms with E-state index < -0.39 is 92.0 Å². The number of nitrogens with one attached hydrogen (secondary N) is 3. The molecule has 18 heteroatoms. The van der Waals surface area contributed by atoms with Crippen LogP contribution in [0, 0.1) is 23.6 Å². The Morgan fingerprint density at radius 2 is 1.83 bits per heavy atom. The highest BCUT2D eigenvalue weighted by molar-refractivity contribution is 7.91. The van der Waals surface area contributed by atoms with Gasteiger partial charge in [0.25, 0.3) is 11.8 Å². The van der Waals surface area contributed by atoms with Crippen molar-refractivity contribution >= 4 is 44.6 Å². The van der Waals surface area contributed by atoms with Gasteiger partial charge in [-0.05, 0) is 94.7 Å². The number of aromatic nitrogens is 1. The molecule has 4 amide bonds. The molecule has 14 nitrogen and oxygen atoms in total. The fourth-order valence-electron chi connectivity index (χ4n) is 7.64. The Hall–Kier alpha value is -4.61. The molecule has 3 fully saturated rings. The standard InChI is InChI=1S/C40H52F3N5O9S/c1-7-55-31-17-24-14-15-44-34(28(24)19-29(31)41)56-26-18-30-33(49)46-40(36(51)47-58(53,54)27-12-13-27)20-25(40)11-9-8-10-22(2)16-23(3)32(35(50)48(30)21-26)45-37(52)57-38(4,5)39(6,42)43/h9,11,14-15,17,19,22-23,25-27,30,32H,7-8,10,12-13,16,18,20-21H2,1-6H3,(H,45,52)(H,46,49)(H,47,51)/b11-9-/t22-,23-,25-,26-,30+,32+,40-/m1/s1. The zero-order valence-electron chi connectivity index (χ0n) is 33.5. The summed E-state index contributed by atoms with van der Waals surface area (Å²) >= 11 is 0. The number of carbonyl (C=O) groups excluding carboxylic acids is 4. The molecule has 0 radical (unpaired) electrons. The zero-order valence-corrected chi connectivity index (χ0v) is 34.3. The van der Waals surface area contributed by atoms with Crippen LogP contribution >= 0.6 is 0 Å². The molecule has 0 unspecified atom stereocenters.